The Morgan fingerprint density at radius 1 is 0.375 bits per heavy atom. The lowest BCUT2D eigenvalue weighted by Gasteiger charge is -2.27. The largest absolute Gasteiger partial charge is 0.311 e. The maximum absolute atomic E-state index is 9.43. The Kier molecular flexibility index (Phi) is 7.20. The highest BCUT2D eigenvalue weighted by molar-refractivity contribution is 5.97. The van der Waals surface area contributed by atoms with Gasteiger partial charge in [0.1, 0.15) is 0 Å². The standard InChI is InChI=1S/C55H41N/c1-55(2)53-24-9-8-20-51(53)52-23-12-22-50(54(52)55)42-29-35-47(36-30-42)56(45-31-25-39(26-32-45)38-13-4-3-5-14-38)46-33-27-40(28-34-46)43-17-10-18-44(37-43)49-21-11-16-41-15-6-7-19-48(41)49/h3-37H,1-2H3/i25D,26D,31D,32D. The molecule has 0 saturated heterocycles. The number of hydrogen-bond acceptors (Lipinski definition) is 1. The monoisotopic (exact) mass is 719 g/mol. The van der Waals surface area contributed by atoms with Crippen LogP contribution < -0.4 is 4.90 Å². The van der Waals surface area contributed by atoms with Gasteiger partial charge >= 0.3 is 0 Å². The molecular formula is C55H41N. The average molecular weight is 720 g/mol. The normalized spacial score (nSPS) is 13.6. The summed E-state index contributed by atoms with van der Waals surface area (Å²) in [7, 11) is 0. The molecule has 266 valence electrons. The maximum Gasteiger partial charge on any atom is 0.0645 e. The fraction of sp³-hybridized carbons (Fsp3) is 0.0545. The van der Waals surface area contributed by atoms with Gasteiger partial charge in [0, 0.05) is 22.5 Å². The molecular weight excluding hydrogens is 675 g/mol. The smallest absolute Gasteiger partial charge is 0.0645 e. The van der Waals surface area contributed by atoms with Crippen molar-refractivity contribution in [3.05, 3.63) is 223 Å². The predicted octanol–water partition coefficient (Wildman–Crippen LogP) is 15.3. The van der Waals surface area contributed by atoms with Crippen LogP contribution in [0.5, 0.6) is 0 Å². The first kappa shape index (κ1) is 29.4. The fourth-order valence-corrected chi connectivity index (χ4v) is 8.60. The minimum absolute atomic E-state index is 0.0812. The highest BCUT2D eigenvalue weighted by atomic mass is 15.1. The van der Waals surface area contributed by atoms with Crippen molar-refractivity contribution in [2.75, 3.05) is 4.90 Å². The summed E-state index contributed by atoms with van der Waals surface area (Å²) in [5, 5.41) is 2.41. The van der Waals surface area contributed by atoms with E-state index in [1.165, 1.54) is 44.2 Å². The van der Waals surface area contributed by atoms with Crippen LogP contribution in [0.3, 0.4) is 0 Å². The Morgan fingerprint density at radius 3 is 1.70 bits per heavy atom. The van der Waals surface area contributed by atoms with Crippen LogP contribution >= 0.6 is 0 Å². The number of anilines is 3. The van der Waals surface area contributed by atoms with Gasteiger partial charge in [-0.1, -0.05) is 184 Å². The first-order valence-corrected chi connectivity index (χ1v) is 19.2. The number of hydrogen-bond donors (Lipinski definition) is 0. The van der Waals surface area contributed by atoms with Crippen molar-refractivity contribution in [2.24, 2.45) is 0 Å². The molecule has 0 heterocycles. The van der Waals surface area contributed by atoms with Gasteiger partial charge in [-0.3, -0.25) is 0 Å². The lowest BCUT2D eigenvalue weighted by molar-refractivity contribution is 0.662. The molecule has 0 unspecified atom stereocenters. The van der Waals surface area contributed by atoms with Crippen LogP contribution in [0.1, 0.15) is 30.5 Å². The Labute approximate surface area is 335 Å². The molecule has 0 N–H and O–H groups in total. The van der Waals surface area contributed by atoms with Crippen molar-refractivity contribution >= 4 is 27.8 Å². The van der Waals surface area contributed by atoms with Crippen molar-refractivity contribution in [1.82, 2.24) is 0 Å². The van der Waals surface area contributed by atoms with E-state index in [-0.39, 0.29) is 40.8 Å². The summed E-state index contributed by atoms with van der Waals surface area (Å²) >= 11 is 0. The minimum atomic E-state index is -0.181. The molecule has 56 heavy (non-hydrogen) atoms. The molecule has 1 aliphatic rings. The molecule has 9 aromatic carbocycles. The van der Waals surface area contributed by atoms with E-state index in [0.717, 1.165) is 33.6 Å². The molecule has 0 bridgehead atoms. The molecule has 1 heteroatoms. The van der Waals surface area contributed by atoms with Crippen LogP contribution in [0.2, 0.25) is 0 Å². The van der Waals surface area contributed by atoms with Gasteiger partial charge in [-0.15, -0.1) is 0 Å². The molecule has 9 aromatic rings. The summed E-state index contributed by atoms with van der Waals surface area (Å²) < 4.78 is 37.3. The van der Waals surface area contributed by atoms with Crippen molar-refractivity contribution in [3.63, 3.8) is 0 Å². The highest BCUT2D eigenvalue weighted by Crippen LogP contribution is 2.52. The van der Waals surface area contributed by atoms with Crippen LogP contribution in [0, 0.1) is 0 Å². The summed E-state index contributed by atoms with van der Waals surface area (Å²) in [5.74, 6) is 0. The van der Waals surface area contributed by atoms with Crippen LogP contribution in [0.4, 0.5) is 17.1 Å². The number of rotatable bonds is 7. The Balaban J connectivity index is 1.08. The van der Waals surface area contributed by atoms with Crippen molar-refractivity contribution in [2.45, 2.75) is 19.3 Å². The van der Waals surface area contributed by atoms with Crippen LogP contribution in [0.25, 0.3) is 66.4 Å². The zero-order valence-corrected chi connectivity index (χ0v) is 31.3. The minimum Gasteiger partial charge on any atom is -0.311 e. The van der Waals surface area contributed by atoms with Crippen LogP contribution in [0.15, 0.2) is 212 Å². The topological polar surface area (TPSA) is 3.24 Å². The summed E-state index contributed by atoms with van der Waals surface area (Å²) in [6, 6.07) is 63.9. The highest BCUT2D eigenvalue weighted by Gasteiger charge is 2.37. The van der Waals surface area contributed by atoms with E-state index in [2.05, 4.69) is 147 Å². The van der Waals surface area contributed by atoms with Gasteiger partial charge in [0.15, 0.2) is 0 Å². The Morgan fingerprint density at radius 2 is 0.911 bits per heavy atom. The van der Waals surface area contributed by atoms with Gasteiger partial charge in [-0.2, -0.15) is 0 Å². The third kappa shape index (κ3) is 5.81. The first-order chi connectivity index (χ1) is 29.2. The molecule has 0 aliphatic heterocycles. The second kappa shape index (κ2) is 13.7. The van der Waals surface area contributed by atoms with E-state index in [0.29, 0.717) is 5.56 Å². The molecule has 0 saturated carbocycles. The zero-order chi connectivity index (χ0) is 41.1. The van der Waals surface area contributed by atoms with E-state index >= 15 is 0 Å². The molecule has 10 rings (SSSR count). The van der Waals surface area contributed by atoms with E-state index in [1.54, 1.807) is 0 Å². The second-order valence-corrected chi connectivity index (χ2v) is 15.0. The predicted molar refractivity (Wildman–Crippen MR) is 238 cm³/mol. The fourth-order valence-electron chi connectivity index (χ4n) is 8.60. The lowest BCUT2D eigenvalue weighted by atomic mass is 9.79. The van der Waals surface area contributed by atoms with Gasteiger partial charge in [0.25, 0.3) is 0 Å². The van der Waals surface area contributed by atoms with Crippen molar-refractivity contribution < 1.29 is 5.48 Å². The Bertz CT molecular complexity index is 3060. The lowest BCUT2D eigenvalue weighted by Crippen LogP contribution is -2.16. The average Bonchev–Trinajstić information content (AvgIpc) is 3.53. The molecule has 0 amide bonds. The molecule has 0 atom stereocenters. The SMILES string of the molecule is [2H]c1c([2H])c(N(c2ccc(-c3cccc(-c4cccc5ccccc45)c3)cc2)c2ccc(-c3cccc4c3C(C)(C)c3ccccc3-4)cc2)c([2H])c([2H])c1-c1ccccc1. The molecule has 0 spiro atoms. The van der Waals surface area contributed by atoms with Crippen molar-refractivity contribution in [3.8, 4) is 55.6 Å². The second-order valence-electron chi connectivity index (χ2n) is 15.0. The van der Waals surface area contributed by atoms with Gasteiger partial charge in [-0.25, -0.2) is 0 Å². The van der Waals surface area contributed by atoms with Gasteiger partial charge in [0.2, 0.25) is 0 Å². The van der Waals surface area contributed by atoms with E-state index in [4.69, 9.17) is 0 Å². The van der Waals surface area contributed by atoms with E-state index in [9.17, 15) is 5.48 Å². The third-order valence-electron chi connectivity index (χ3n) is 11.3. The molecule has 0 aromatic heterocycles. The Hall–Kier alpha value is -6.96. The van der Waals surface area contributed by atoms with E-state index in [1.807, 2.05) is 59.5 Å². The molecule has 0 radical (unpaired) electrons. The number of nitrogens with zero attached hydrogens (tertiary/aromatic N) is 1. The quantitative estimate of drug-likeness (QED) is 0.159. The summed E-state index contributed by atoms with van der Waals surface area (Å²) in [6.45, 7) is 4.59. The van der Waals surface area contributed by atoms with Gasteiger partial charge in [-0.05, 0) is 120 Å². The van der Waals surface area contributed by atoms with Crippen LogP contribution in [-0.2, 0) is 5.41 Å². The summed E-state index contributed by atoms with van der Waals surface area (Å²) in [6.07, 6.45) is 0. The summed E-state index contributed by atoms with van der Waals surface area (Å²) in [4.78, 5) is 1.87. The van der Waals surface area contributed by atoms with Gasteiger partial charge < -0.3 is 4.90 Å². The number of fused-ring (bicyclic) bond motifs is 4. The number of benzene rings is 9. The molecule has 1 aliphatic carbocycles. The molecule has 0 fully saturated rings. The van der Waals surface area contributed by atoms with E-state index < -0.39 is 0 Å². The maximum atomic E-state index is 9.43. The summed E-state index contributed by atoms with van der Waals surface area (Å²) in [5.41, 5.74) is 14.2. The first-order valence-electron chi connectivity index (χ1n) is 21.2. The molecule has 1 nitrogen and oxygen atoms in total. The van der Waals surface area contributed by atoms with Crippen molar-refractivity contribution in [1.29, 1.82) is 0 Å². The third-order valence-corrected chi connectivity index (χ3v) is 11.3. The van der Waals surface area contributed by atoms with Crippen LogP contribution in [-0.4, -0.2) is 0 Å². The zero-order valence-electron chi connectivity index (χ0n) is 35.3. The van der Waals surface area contributed by atoms with Gasteiger partial charge in [0.05, 0.1) is 5.48 Å².